The van der Waals surface area contributed by atoms with Crippen LogP contribution in [0.15, 0.2) is 47.3 Å². The van der Waals surface area contributed by atoms with E-state index in [0.717, 1.165) is 30.9 Å². The van der Waals surface area contributed by atoms with Gasteiger partial charge in [-0.2, -0.15) is 5.10 Å². The molecule has 0 spiro atoms. The van der Waals surface area contributed by atoms with Crippen molar-refractivity contribution in [2.75, 3.05) is 31.5 Å². The fourth-order valence-corrected chi connectivity index (χ4v) is 3.90. The minimum Gasteiger partial charge on any atom is -0.381 e. The third kappa shape index (κ3) is 4.80. The van der Waals surface area contributed by atoms with E-state index in [1.807, 2.05) is 30.3 Å². The average Bonchev–Trinajstić information content (AvgIpc) is 3.28. The average molecular weight is 426 g/mol. The molecule has 0 aliphatic carbocycles. The second-order valence-electron chi connectivity index (χ2n) is 7.46. The van der Waals surface area contributed by atoms with Crippen LogP contribution in [0.4, 0.5) is 5.69 Å². The number of amides is 1. The summed E-state index contributed by atoms with van der Waals surface area (Å²) in [6.07, 6.45) is 2.50. The maximum atomic E-state index is 12.5. The number of H-pyrrole nitrogens is 1. The first-order chi connectivity index (χ1) is 14.6. The molecule has 0 atom stereocenters. The smallest absolute Gasteiger partial charge is 0.272 e. The Morgan fingerprint density at radius 3 is 2.80 bits per heavy atom. The van der Waals surface area contributed by atoms with Gasteiger partial charge in [-0.3, -0.25) is 9.59 Å². The second-order valence-corrected chi connectivity index (χ2v) is 7.82. The second kappa shape index (κ2) is 9.28. The number of hydrogen-bond acceptors (Lipinski definition) is 5. The summed E-state index contributed by atoms with van der Waals surface area (Å²) in [5, 5.41) is 13.8. The van der Waals surface area contributed by atoms with Gasteiger partial charge in [0.15, 0.2) is 5.15 Å². The zero-order valence-electron chi connectivity index (χ0n) is 16.6. The quantitative estimate of drug-likeness (QED) is 0.541. The number of aromatic nitrogens is 2. The van der Waals surface area contributed by atoms with E-state index in [0.29, 0.717) is 29.4 Å². The van der Waals surface area contributed by atoms with Crippen LogP contribution in [-0.4, -0.2) is 47.2 Å². The van der Waals surface area contributed by atoms with Crippen molar-refractivity contribution in [1.82, 2.24) is 20.4 Å². The SMILES string of the molecule is O=C(NCCN1CCCC1)c1cccc(CNc2ccc3c(=O)[nH]nc(Cl)c3c2)c1. The number of fused-ring (bicyclic) bond motifs is 1. The lowest BCUT2D eigenvalue weighted by Gasteiger charge is -2.15. The number of rotatable bonds is 7. The molecule has 0 saturated carbocycles. The minimum absolute atomic E-state index is 0.0566. The molecule has 2 heterocycles. The Labute approximate surface area is 179 Å². The van der Waals surface area contributed by atoms with E-state index in [2.05, 4.69) is 25.7 Å². The zero-order chi connectivity index (χ0) is 20.9. The summed E-state index contributed by atoms with van der Waals surface area (Å²) in [4.78, 5) is 26.7. The highest BCUT2D eigenvalue weighted by atomic mass is 35.5. The normalized spacial score (nSPS) is 14.2. The fraction of sp³-hybridized carbons (Fsp3) is 0.318. The molecule has 1 fully saturated rings. The summed E-state index contributed by atoms with van der Waals surface area (Å²) < 4.78 is 0. The molecule has 0 unspecified atom stereocenters. The van der Waals surface area contributed by atoms with Crippen molar-refractivity contribution in [1.29, 1.82) is 0 Å². The Hall–Kier alpha value is -2.90. The highest BCUT2D eigenvalue weighted by Crippen LogP contribution is 2.22. The Kier molecular flexibility index (Phi) is 6.30. The highest BCUT2D eigenvalue weighted by Gasteiger charge is 2.12. The number of halogens is 1. The van der Waals surface area contributed by atoms with Gasteiger partial charge in [-0.25, -0.2) is 5.10 Å². The number of nitrogens with zero attached hydrogens (tertiary/aromatic N) is 2. The predicted octanol–water partition coefficient (Wildman–Crippen LogP) is 3.01. The lowest BCUT2D eigenvalue weighted by atomic mass is 10.1. The Balaban J connectivity index is 1.37. The predicted molar refractivity (Wildman–Crippen MR) is 119 cm³/mol. The topological polar surface area (TPSA) is 90.1 Å². The molecule has 1 amide bonds. The molecule has 0 bridgehead atoms. The molecular formula is C22H24ClN5O2. The van der Waals surface area contributed by atoms with Crippen molar-refractivity contribution in [3.8, 4) is 0 Å². The van der Waals surface area contributed by atoms with E-state index in [1.165, 1.54) is 12.8 Å². The van der Waals surface area contributed by atoms with Crippen LogP contribution in [0.5, 0.6) is 0 Å². The molecule has 3 N–H and O–H groups in total. The summed E-state index contributed by atoms with van der Waals surface area (Å²) in [6, 6.07) is 12.9. The summed E-state index contributed by atoms with van der Waals surface area (Å²) in [5.41, 5.74) is 2.17. The highest BCUT2D eigenvalue weighted by molar-refractivity contribution is 6.34. The molecule has 4 rings (SSSR count). The molecule has 1 saturated heterocycles. The molecule has 30 heavy (non-hydrogen) atoms. The van der Waals surface area contributed by atoms with Crippen molar-refractivity contribution in [2.45, 2.75) is 19.4 Å². The monoisotopic (exact) mass is 425 g/mol. The molecule has 7 nitrogen and oxygen atoms in total. The maximum Gasteiger partial charge on any atom is 0.272 e. The molecule has 1 aromatic heterocycles. The van der Waals surface area contributed by atoms with Crippen molar-refractivity contribution < 1.29 is 4.79 Å². The molecule has 1 aliphatic rings. The number of hydrogen-bond donors (Lipinski definition) is 3. The van der Waals surface area contributed by atoms with Gasteiger partial charge in [-0.15, -0.1) is 0 Å². The summed E-state index contributed by atoms with van der Waals surface area (Å²) in [6.45, 7) is 4.35. The number of anilines is 1. The molecule has 0 radical (unpaired) electrons. The van der Waals surface area contributed by atoms with Crippen LogP contribution in [0.3, 0.4) is 0 Å². The number of carbonyl (C=O) groups is 1. The van der Waals surface area contributed by atoms with Crippen LogP contribution in [0.25, 0.3) is 10.8 Å². The van der Waals surface area contributed by atoms with Crippen LogP contribution in [-0.2, 0) is 6.54 Å². The van der Waals surface area contributed by atoms with E-state index in [4.69, 9.17) is 11.6 Å². The molecule has 8 heteroatoms. The Bertz CT molecular complexity index is 1110. The first kappa shape index (κ1) is 20.4. The van der Waals surface area contributed by atoms with Gasteiger partial charge in [0.2, 0.25) is 0 Å². The van der Waals surface area contributed by atoms with Crippen molar-refractivity contribution >= 4 is 34.0 Å². The van der Waals surface area contributed by atoms with Crippen LogP contribution >= 0.6 is 11.6 Å². The zero-order valence-corrected chi connectivity index (χ0v) is 17.3. The van der Waals surface area contributed by atoms with Crippen LogP contribution in [0, 0.1) is 0 Å². The molecule has 156 valence electrons. The van der Waals surface area contributed by atoms with Gasteiger partial charge in [0.25, 0.3) is 11.5 Å². The van der Waals surface area contributed by atoms with Crippen LogP contribution < -0.4 is 16.2 Å². The molecule has 3 aromatic rings. The number of carbonyl (C=O) groups excluding carboxylic acids is 1. The maximum absolute atomic E-state index is 12.5. The lowest BCUT2D eigenvalue weighted by molar-refractivity contribution is 0.0949. The van der Waals surface area contributed by atoms with Gasteiger partial charge >= 0.3 is 0 Å². The van der Waals surface area contributed by atoms with E-state index >= 15 is 0 Å². The van der Waals surface area contributed by atoms with Gasteiger partial charge in [0.1, 0.15) is 0 Å². The summed E-state index contributed by atoms with van der Waals surface area (Å²) in [5.74, 6) is -0.0566. The van der Waals surface area contributed by atoms with Gasteiger partial charge in [0.05, 0.1) is 5.39 Å². The first-order valence-electron chi connectivity index (χ1n) is 10.1. The third-order valence-corrected chi connectivity index (χ3v) is 5.63. The van der Waals surface area contributed by atoms with E-state index in [9.17, 15) is 9.59 Å². The van der Waals surface area contributed by atoms with Gasteiger partial charge in [0, 0.05) is 36.3 Å². The summed E-state index contributed by atoms with van der Waals surface area (Å²) in [7, 11) is 0. The standard InChI is InChI=1S/C22H24ClN5O2/c23-20-19-13-17(6-7-18(19)22(30)27-26-20)25-14-15-4-3-5-16(12-15)21(29)24-8-11-28-9-1-2-10-28/h3-7,12-13,25H,1-2,8-11,14H2,(H,24,29)(H,27,30). The van der Waals surface area contributed by atoms with Crippen molar-refractivity contribution in [3.63, 3.8) is 0 Å². The molecule has 1 aliphatic heterocycles. The van der Waals surface area contributed by atoms with Crippen LogP contribution in [0.2, 0.25) is 5.15 Å². The minimum atomic E-state index is -0.274. The van der Waals surface area contributed by atoms with Gasteiger partial charge in [-0.1, -0.05) is 23.7 Å². The molecule has 2 aromatic carbocycles. The van der Waals surface area contributed by atoms with E-state index < -0.39 is 0 Å². The van der Waals surface area contributed by atoms with Crippen molar-refractivity contribution in [3.05, 3.63) is 69.1 Å². The molecular weight excluding hydrogens is 402 g/mol. The number of benzene rings is 2. The Morgan fingerprint density at radius 1 is 1.13 bits per heavy atom. The number of aromatic amines is 1. The van der Waals surface area contributed by atoms with Gasteiger partial charge < -0.3 is 15.5 Å². The van der Waals surface area contributed by atoms with Crippen LogP contribution in [0.1, 0.15) is 28.8 Å². The Morgan fingerprint density at radius 2 is 1.97 bits per heavy atom. The van der Waals surface area contributed by atoms with Crippen molar-refractivity contribution in [2.24, 2.45) is 0 Å². The fourth-order valence-electron chi connectivity index (χ4n) is 3.71. The first-order valence-corrected chi connectivity index (χ1v) is 10.5. The number of likely N-dealkylation sites (tertiary alicyclic amines) is 1. The lowest BCUT2D eigenvalue weighted by Crippen LogP contribution is -2.33. The third-order valence-electron chi connectivity index (χ3n) is 5.34. The largest absolute Gasteiger partial charge is 0.381 e. The van der Waals surface area contributed by atoms with E-state index in [1.54, 1.807) is 12.1 Å². The number of nitrogens with one attached hydrogen (secondary N) is 3. The summed E-state index contributed by atoms with van der Waals surface area (Å²) >= 11 is 6.10. The van der Waals surface area contributed by atoms with Gasteiger partial charge in [-0.05, 0) is 61.8 Å². The van der Waals surface area contributed by atoms with E-state index in [-0.39, 0.29) is 16.6 Å².